The van der Waals surface area contributed by atoms with Gasteiger partial charge in [0.1, 0.15) is 0 Å². The number of hydrogen-bond acceptors (Lipinski definition) is 1. The van der Waals surface area contributed by atoms with Crippen LogP contribution in [-0.2, 0) is 0 Å². The normalized spacial score (nSPS) is 60.8. The lowest BCUT2D eigenvalue weighted by Crippen LogP contribution is -2.31. The van der Waals surface area contributed by atoms with Gasteiger partial charge in [-0.05, 0) is 30.6 Å². The zero-order valence-electron chi connectivity index (χ0n) is 5.30. The van der Waals surface area contributed by atoms with Gasteiger partial charge in [0.05, 0.1) is 0 Å². The average Bonchev–Trinajstić information content (AvgIpc) is 2.19. The van der Waals surface area contributed by atoms with Gasteiger partial charge in [-0.25, -0.2) is 0 Å². The Bertz CT molecular complexity index is 107. The smallest absolute Gasteiger partial charge is 0.00726 e. The van der Waals surface area contributed by atoms with E-state index < -0.39 is 0 Å². The Kier molecular flexibility index (Phi) is 0.762. The van der Waals surface area contributed by atoms with Crippen LogP contribution in [0.2, 0.25) is 0 Å². The van der Waals surface area contributed by atoms with Gasteiger partial charge < -0.3 is 5.73 Å². The molecule has 3 aliphatic carbocycles. The molecule has 3 rings (SSSR count). The SMILES string of the molecule is C[C@H]1[C@@H]2C[C@H]1[C@H](N)C2. The van der Waals surface area contributed by atoms with Crippen LogP contribution in [0.25, 0.3) is 0 Å². The van der Waals surface area contributed by atoms with Crippen LogP contribution in [0.15, 0.2) is 0 Å². The van der Waals surface area contributed by atoms with Crippen molar-refractivity contribution in [3.8, 4) is 0 Å². The Hall–Kier alpha value is -0.0400. The molecule has 0 spiro atoms. The van der Waals surface area contributed by atoms with Crippen LogP contribution in [0, 0.1) is 17.8 Å². The van der Waals surface area contributed by atoms with Gasteiger partial charge in [-0.15, -0.1) is 0 Å². The first-order valence-electron chi connectivity index (χ1n) is 3.54. The maximum absolute atomic E-state index is 5.81. The monoisotopic (exact) mass is 111 g/mol. The van der Waals surface area contributed by atoms with Crippen molar-refractivity contribution >= 4 is 0 Å². The molecule has 3 fully saturated rings. The largest absolute Gasteiger partial charge is 0.327 e. The van der Waals surface area contributed by atoms with E-state index in [0.717, 1.165) is 17.8 Å². The highest BCUT2D eigenvalue weighted by Gasteiger charge is 2.48. The molecule has 0 aliphatic heterocycles. The Morgan fingerprint density at radius 3 is 2.25 bits per heavy atom. The van der Waals surface area contributed by atoms with Crippen molar-refractivity contribution in [1.29, 1.82) is 0 Å². The molecule has 1 nitrogen and oxygen atoms in total. The predicted molar refractivity (Wildman–Crippen MR) is 33.4 cm³/mol. The fourth-order valence-corrected chi connectivity index (χ4v) is 2.33. The summed E-state index contributed by atoms with van der Waals surface area (Å²) >= 11 is 0. The molecule has 2 N–H and O–H groups in total. The van der Waals surface area contributed by atoms with E-state index in [1.165, 1.54) is 12.8 Å². The second-order valence-electron chi connectivity index (χ2n) is 3.42. The summed E-state index contributed by atoms with van der Waals surface area (Å²) in [6, 6.07) is 0.565. The Morgan fingerprint density at radius 1 is 1.38 bits per heavy atom. The molecular formula is C7H13N. The summed E-state index contributed by atoms with van der Waals surface area (Å²) in [6.07, 6.45) is 2.74. The molecule has 0 saturated heterocycles. The van der Waals surface area contributed by atoms with E-state index in [2.05, 4.69) is 6.92 Å². The second-order valence-corrected chi connectivity index (χ2v) is 3.42. The molecule has 0 aromatic carbocycles. The van der Waals surface area contributed by atoms with Crippen LogP contribution < -0.4 is 5.73 Å². The Morgan fingerprint density at radius 2 is 2.12 bits per heavy atom. The van der Waals surface area contributed by atoms with E-state index in [4.69, 9.17) is 5.73 Å². The van der Waals surface area contributed by atoms with Crippen LogP contribution in [0.3, 0.4) is 0 Å². The molecule has 46 valence electrons. The summed E-state index contributed by atoms with van der Waals surface area (Å²) in [6.45, 7) is 2.34. The molecule has 0 unspecified atom stereocenters. The number of nitrogens with two attached hydrogens (primary N) is 1. The summed E-state index contributed by atoms with van der Waals surface area (Å²) in [5.74, 6) is 2.87. The van der Waals surface area contributed by atoms with Crippen molar-refractivity contribution in [3.05, 3.63) is 0 Å². The summed E-state index contributed by atoms with van der Waals surface area (Å²) < 4.78 is 0. The third-order valence-electron chi connectivity index (χ3n) is 3.12. The van der Waals surface area contributed by atoms with Crippen molar-refractivity contribution < 1.29 is 0 Å². The first kappa shape index (κ1) is 4.80. The number of hydrogen-bond donors (Lipinski definition) is 1. The topological polar surface area (TPSA) is 26.0 Å². The summed E-state index contributed by atoms with van der Waals surface area (Å²) in [7, 11) is 0. The van der Waals surface area contributed by atoms with Gasteiger partial charge in [0, 0.05) is 6.04 Å². The molecule has 0 heterocycles. The minimum atomic E-state index is 0.565. The lowest BCUT2D eigenvalue weighted by molar-refractivity contribution is 0.172. The van der Waals surface area contributed by atoms with E-state index in [-0.39, 0.29) is 0 Å². The molecule has 8 heavy (non-hydrogen) atoms. The maximum Gasteiger partial charge on any atom is 0.00726 e. The molecule has 0 aromatic heterocycles. The molecule has 3 aliphatic rings. The van der Waals surface area contributed by atoms with Gasteiger partial charge >= 0.3 is 0 Å². The fourth-order valence-electron chi connectivity index (χ4n) is 2.33. The van der Waals surface area contributed by atoms with Gasteiger partial charge in [0.2, 0.25) is 0 Å². The van der Waals surface area contributed by atoms with E-state index in [1.807, 2.05) is 0 Å². The quantitative estimate of drug-likeness (QED) is 0.495. The molecule has 1 heteroatoms. The standard InChI is InChI=1S/C7H13N/c1-4-5-2-6(4)7(8)3-5/h4-7H,2-3,8H2,1H3/t4-,5+,6+,7+/m0/s1. The van der Waals surface area contributed by atoms with Gasteiger partial charge in [0.15, 0.2) is 0 Å². The van der Waals surface area contributed by atoms with Crippen molar-refractivity contribution in [2.45, 2.75) is 25.8 Å². The van der Waals surface area contributed by atoms with Crippen LogP contribution in [0.1, 0.15) is 19.8 Å². The minimum Gasteiger partial charge on any atom is -0.327 e. The van der Waals surface area contributed by atoms with Crippen LogP contribution in [0.4, 0.5) is 0 Å². The highest BCUT2D eigenvalue weighted by Crippen LogP contribution is 2.52. The minimum absolute atomic E-state index is 0.565. The van der Waals surface area contributed by atoms with Crippen LogP contribution >= 0.6 is 0 Å². The molecular weight excluding hydrogens is 98.1 g/mol. The zero-order valence-corrected chi connectivity index (χ0v) is 5.30. The Labute approximate surface area is 50.3 Å². The molecule has 2 bridgehead atoms. The molecule has 0 amide bonds. The first-order valence-corrected chi connectivity index (χ1v) is 3.54. The third-order valence-corrected chi connectivity index (χ3v) is 3.12. The summed E-state index contributed by atoms with van der Waals surface area (Å²) in [5.41, 5.74) is 5.81. The Balaban J connectivity index is 2.13. The highest BCUT2D eigenvalue weighted by molar-refractivity contribution is 5.01. The van der Waals surface area contributed by atoms with Crippen LogP contribution in [-0.4, -0.2) is 6.04 Å². The summed E-state index contributed by atoms with van der Waals surface area (Å²) in [5, 5.41) is 0. The highest BCUT2D eigenvalue weighted by atomic mass is 14.7. The van der Waals surface area contributed by atoms with Gasteiger partial charge in [-0.2, -0.15) is 0 Å². The van der Waals surface area contributed by atoms with Gasteiger partial charge in [-0.1, -0.05) is 6.92 Å². The molecule has 3 saturated carbocycles. The third kappa shape index (κ3) is 0.368. The van der Waals surface area contributed by atoms with Crippen molar-refractivity contribution in [2.24, 2.45) is 23.5 Å². The van der Waals surface area contributed by atoms with Crippen molar-refractivity contribution in [1.82, 2.24) is 0 Å². The lowest BCUT2D eigenvalue weighted by Gasteiger charge is -2.32. The van der Waals surface area contributed by atoms with Crippen molar-refractivity contribution in [2.75, 3.05) is 0 Å². The average molecular weight is 111 g/mol. The zero-order chi connectivity index (χ0) is 5.72. The number of rotatable bonds is 0. The van der Waals surface area contributed by atoms with Gasteiger partial charge in [-0.3, -0.25) is 0 Å². The van der Waals surface area contributed by atoms with Crippen molar-refractivity contribution in [3.63, 3.8) is 0 Å². The van der Waals surface area contributed by atoms with E-state index in [1.54, 1.807) is 0 Å². The molecule has 4 atom stereocenters. The second kappa shape index (κ2) is 1.27. The predicted octanol–water partition coefficient (Wildman–Crippen LogP) is 0.990. The van der Waals surface area contributed by atoms with Gasteiger partial charge in [0.25, 0.3) is 0 Å². The van der Waals surface area contributed by atoms with E-state index in [9.17, 15) is 0 Å². The summed E-state index contributed by atoms with van der Waals surface area (Å²) in [4.78, 5) is 0. The fraction of sp³-hybridized carbons (Fsp3) is 1.00. The lowest BCUT2D eigenvalue weighted by atomic mass is 9.73. The molecule has 0 aromatic rings. The molecule has 0 radical (unpaired) electrons. The number of fused-ring (bicyclic) bond motifs is 1. The van der Waals surface area contributed by atoms with E-state index >= 15 is 0 Å². The van der Waals surface area contributed by atoms with E-state index in [0.29, 0.717) is 6.04 Å². The first-order chi connectivity index (χ1) is 3.79. The maximum atomic E-state index is 5.81. The van der Waals surface area contributed by atoms with Crippen LogP contribution in [0.5, 0.6) is 0 Å².